The van der Waals surface area contributed by atoms with Crippen LogP contribution in [0.15, 0.2) is 18.2 Å². The van der Waals surface area contributed by atoms with Crippen LogP contribution >= 0.6 is 0 Å². The van der Waals surface area contributed by atoms with E-state index in [1.807, 2.05) is 6.92 Å². The molecule has 7 heteroatoms. The largest absolute Gasteiger partial charge is 0.435 e. The fourth-order valence-corrected chi connectivity index (χ4v) is 2.81. The highest BCUT2D eigenvalue weighted by atomic mass is 32.2. The molecule has 0 heterocycles. The minimum Gasteiger partial charge on any atom is -0.435 e. The van der Waals surface area contributed by atoms with E-state index in [0.717, 1.165) is 6.42 Å². The van der Waals surface area contributed by atoms with Crippen LogP contribution in [0.4, 0.5) is 14.5 Å². The van der Waals surface area contributed by atoms with Gasteiger partial charge in [-0.1, -0.05) is 13.3 Å². The fraction of sp³-hybridized carbons (Fsp3) is 0.500. The second-order valence-electron chi connectivity index (χ2n) is 4.13. The Labute approximate surface area is 111 Å². The Morgan fingerprint density at radius 3 is 2.58 bits per heavy atom. The SMILES string of the molecule is CCCCS(=O)(=O)Nc1ccc(OC(F)F)cc1C. The van der Waals surface area contributed by atoms with E-state index in [9.17, 15) is 17.2 Å². The van der Waals surface area contributed by atoms with E-state index >= 15 is 0 Å². The average Bonchev–Trinajstić information content (AvgIpc) is 2.29. The van der Waals surface area contributed by atoms with Crippen molar-refractivity contribution in [3.8, 4) is 5.75 Å². The second kappa shape index (κ2) is 6.70. The standard InChI is InChI=1S/C12H17F2NO3S/c1-3-4-7-19(16,17)15-11-6-5-10(8-9(11)2)18-12(13)14/h5-6,8,12,15H,3-4,7H2,1-2H3. The molecule has 0 aliphatic rings. The molecule has 4 nitrogen and oxygen atoms in total. The molecule has 0 saturated heterocycles. The topological polar surface area (TPSA) is 55.4 Å². The first kappa shape index (κ1) is 15.7. The van der Waals surface area contributed by atoms with Crippen molar-refractivity contribution in [2.24, 2.45) is 0 Å². The third kappa shape index (κ3) is 5.42. The number of unbranched alkanes of at least 4 members (excludes halogenated alkanes) is 1. The summed E-state index contributed by atoms with van der Waals surface area (Å²) < 4.78 is 54.1. The fourth-order valence-electron chi connectivity index (χ4n) is 1.48. The van der Waals surface area contributed by atoms with Gasteiger partial charge >= 0.3 is 6.61 Å². The molecule has 0 fully saturated rings. The van der Waals surface area contributed by atoms with Gasteiger partial charge in [-0.25, -0.2) is 8.42 Å². The van der Waals surface area contributed by atoms with E-state index in [1.165, 1.54) is 18.2 Å². The molecule has 0 amide bonds. The number of anilines is 1. The first-order valence-electron chi connectivity index (χ1n) is 5.90. The van der Waals surface area contributed by atoms with E-state index in [0.29, 0.717) is 17.7 Å². The molecule has 1 rings (SSSR count). The summed E-state index contributed by atoms with van der Waals surface area (Å²) in [5.74, 6) is 0.0436. The van der Waals surface area contributed by atoms with Gasteiger partial charge in [0.1, 0.15) is 5.75 Å². The van der Waals surface area contributed by atoms with Crippen molar-refractivity contribution in [3.05, 3.63) is 23.8 Å². The van der Waals surface area contributed by atoms with Crippen molar-refractivity contribution in [1.29, 1.82) is 0 Å². The van der Waals surface area contributed by atoms with E-state index in [2.05, 4.69) is 9.46 Å². The van der Waals surface area contributed by atoms with Crippen LogP contribution in [-0.4, -0.2) is 20.8 Å². The van der Waals surface area contributed by atoms with Crippen molar-refractivity contribution in [3.63, 3.8) is 0 Å². The average molecular weight is 293 g/mol. The molecule has 0 aliphatic carbocycles. The highest BCUT2D eigenvalue weighted by molar-refractivity contribution is 7.92. The van der Waals surface area contributed by atoms with Crippen LogP contribution in [0.1, 0.15) is 25.3 Å². The zero-order chi connectivity index (χ0) is 14.5. The van der Waals surface area contributed by atoms with Crippen molar-refractivity contribution in [2.45, 2.75) is 33.3 Å². The van der Waals surface area contributed by atoms with Gasteiger partial charge in [-0.3, -0.25) is 4.72 Å². The Balaban J connectivity index is 2.80. The van der Waals surface area contributed by atoms with Crippen LogP contribution in [0.5, 0.6) is 5.75 Å². The van der Waals surface area contributed by atoms with Crippen molar-refractivity contribution in [2.75, 3.05) is 10.5 Å². The van der Waals surface area contributed by atoms with Gasteiger partial charge in [-0.05, 0) is 37.1 Å². The predicted octanol–water partition coefficient (Wildman–Crippen LogP) is 3.14. The Hall–Kier alpha value is -1.37. The first-order chi connectivity index (χ1) is 8.84. The maximum absolute atomic E-state index is 12.0. The highest BCUT2D eigenvalue weighted by Crippen LogP contribution is 2.23. The van der Waals surface area contributed by atoms with E-state index in [-0.39, 0.29) is 11.5 Å². The lowest BCUT2D eigenvalue weighted by Gasteiger charge is -2.12. The number of rotatable bonds is 7. The van der Waals surface area contributed by atoms with Gasteiger partial charge in [0, 0.05) is 0 Å². The normalized spacial score (nSPS) is 11.6. The maximum atomic E-state index is 12.0. The highest BCUT2D eigenvalue weighted by Gasteiger charge is 2.12. The van der Waals surface area contributed by atoms with Gasteiger partial charge in [0.05, 0.1) is 11.4 Å². The van der Waals surface area contributed by atoms with Gasteiger partial charge in [0.25, 0.3) is 0 Å². The monoisotopic (exact) mass is 293 g/mol. The summed E-state index contributed by atoms with van der Waals surface area (Å²) >= 11 is 0. The van der Waals surface area contributed by atoms with Crippen LogP contribution in [0.25, 0.3) is 0 Å². The smallest absolute Gasteiger partial charge is 0.387 e. The van der Waals surface area contributed by atoms with Crippen LogP contribution in [0.3, 0.4) is 0 Å². The molecule has 0 bridgehead atoms. The van der Waals surface area contributed by atoms with E-state index in [4.69, 9.17) is 0 Å². The summed E-state index contributed by atoms with van der Waals surface area (Å²) in [6.07, 6.45) is 1.35. The minimum absolute atomic E-state index is 0.00371. The molecular formula is C12H17F2NO3S. The minimum atomic E-state index is -3.39. The molecule has 0 atom stereocenters. The molecule has 0 aromatic heterocycles. The summed E-state index contributed by atoms with van der Waals surface area (Å²) in [6, 6.07) is 4.08. The summed E-state index contributed by atoms with van der Waals surface area (Å²) in [6.45, 7) is 0.624. The Morgan fingerprint density at radius 1 is 1.37 bits per heavy atom. The number of halogens is 2. The molecule has 19 heavy (non-hydrogen) atoms. The summed E-state index contributed by atoms with van der Waals surface area (Å²) in [7, 11) is -3.39. The van der Waals surface area contributed by atoms with Gasteiger partial charge in [-0.15, -0.1) is 0 Å². The van der Waals surface area contributed by atoms with Crippen molar-refractivity contribution >= 4 is 15.7 Å². The molecule has 0 saturated carbocycles. The van der Waals surface area contributed by atoms with Crippen molar-refractivity contribution < 1.29 is 21.9 Å². The Kier molecular flexibility index (Phi) is 5.53. The molecule has 0 aliphatic heterocycles. The van der Waals surface area contributed by atoms with E-state index in [1.54, 1.807) is 6.92 Å². The molecule has 1 aromatic rings. The number of aryl methyl sites for hydroxylation is 1. The number of nitrogens with one attached hydrogen (secondary N) is 1. The van der Waals surface area contributed by atoms with Crippen LogP contribution in [-0.2, 0) is 10.0 Å². The summed E-state index contributed by atoms with van der Waals surface area (Å²) in [5, 5.41) is 0. The molecule has 0 radical (unpaired) electrons. The number of alkyl halides is 2. The third-order valence-corrected chi connectivity index (χ3v) is 3.81. The lowest BCUT2D eigenvalue weighted by molar-refractivity contribution is -0.0498. The summed E-state index contributed by atoms with van der Waals surface area (Å²) in [4.78, 5) is 0. The first-order valence-corrected chi connectivity index (χ1v) is 7.55. The number of benzene rings is 1. The van der Waals surface area contributed by atoms with Crippen molar-refractivity contribution in [1.82, 2.24) is 0 Å². The van der Waals surface area contributed by atoms with Crippen LogP contribution in [0, 0.1) is 6.92 Å². The summed E-state index contributed by atoms with van der Waals surface area (Å²) in [5.41, 5.74) is 0.899. The number of hydrogen-bond donors (Lipinski definition) is 1. The zero-order valence-corrected chi connectivity index (χ0v) is 11.6. The molecular weight excluding hydrogens is 276 g/mol. The van der Waals surface area contributed by atoms with E-state index < -0.39 is 16.6 Å². The third-order valence-electron chi connectivity index (χ3n) is 2.46. The number of sulfonamides is 1. The lowest BCUT2D eigenvalue weighted by Crippen LogP contribution is -2.17. The second-order valence-corrected chi connectivity index (χ2v) is 5.97. The van der Waals surface area contributed by atoms with Gasteiger partial charge < -0.3 is 4.74 Å². The quantitative estimate of drug-likeness (QED) is 0.840. The lowest BCUT2D eigenvalue weighted by atomic mass is 10.2. The molecule has 1 N–H and O–H groups in total. The van der Waals surface area contributed by atoms with Gasteiger partial charge in [0.15, 0.2) is 0 Å². The Bertz CT molecular complexity index is 518. The molecule has 0 unspecified atom stereocenters. The van der Waals surface area contributed by atoms with Gasteiger partial charge in [0.2, 0.25) is 10.0 Å². The van der Waals surface area contributed by atoms with Gasteiger partial charge in [-0.2, -0.15) is 8.78 Å². The number of ether oxygens (including phenoxy) is 1. The predicted molar refractivity (Wildman–Crippen MR) is 70.1 cm³/mol. The molecule has 0 spiro atoms. The molecule has 1 aromatic carbocycles. The van der Waals surface area contributed by atoms with Crippen LogP contribution < -0.4 is 9.46 Å². The maximum Gasteiger partial charge on any atom is 0.387 e. The zero-order valence-electron chi connectivity index (χ0n) is 10.8. The number of hydrogen-bond acceptors (Lipinski definition) is 3. The van der Waals surface area contributed by atoms with Crippen LogP contribution in [0.2, 0.25) is 0 Å². The molecule has 108 valence electrons. The Morgan fingerprint density at radius 2 is 2.05 bits per heavy atom.